The Kier molecular flexibility index (Phi) is 5.71. The number of sulfone groups is 1. The molecule has 0 saturated carbocycles. The number of carbonyl (C=O) groups excluding carboxylic acids is 2. The van der Waals surface area contributed by atoms with Crippen molar-refractivity contribution in [3.63, 3.8) is 0 Å². The number of nitrogens with one attached hydrogen (secondary N) is 1. The van der Waals surface area contributed by atoms with Gasteiger partial charge in [-0.1, -0.05) is 0 Å². The number of rotatable bonds is 7. The second-order valence-corrected chi connectivity index (χ2v) is 8.51. The number of carbonyl (C=O) groups is 3. The highest BCUT2D eigenvalue weighted by molar-refractivity contribution is 8.00. The van der Waals surface area contributed by atoms with Crippen molar-refractivity contribution in [3.05, 3.63) is 11.3 Å². The number of carboxylic acids is 1. The summed E-state index contributed by atoms with van der Waals surface area (Å²) in [6, 6.07) is 0.447. The standard InChI is InChI=1S/C13H15N3O7S2/c1-23-4-7-5-24-12-9(11(18)16(12)10(7)13(19)20)15-8(17)6-25(21,22)3-2-14/h9,12H,3-6H2,1H3,(H,15,17)(H,19,20)/t9?,12-/m1/s1. The van der Waals surface area contributed by atoms with Crippen LogP contribution in [0.15, 0.2) is 11.3 Å². The quantitative estimate of drug-likeness (QED) is 0.485. The second kappa shape index (κ2) is 7.42. The van der Waals surface area contributed by atoms with Crippen LogP contribution in [0.4, 0.5) is 0 Å². The van der Waals surface area contributed by atoms with Crippen LogP contribution in [0.2, 0.25) is 0 Å². The van der Waals surface area contributed by atoms with Crippen molar-refractivity contribution in [2.75, 3.05) is 31.0 Å². The minimum absolute atomic E-state index is 0.0641. The lowest BCUT2D eigenvalue weighted by atomic mass is 10.0. The third kappa shape index (κ3) is 3.94. The highest BCUT2D eigenvalue weighted by Gasteiger charge is 2.54. The fraction of sp³-hybridized carbons (Fsp3) is 0.538. The molecule has 2 N–H and O–H groups in total. The van der Waals surface area contributed by atoms with Gasteiger partial charge in [-0.3, -0.25) is 14.5 Å². The van der Waals surface area contributed by atoms with Gasteiger partial charge >= 0.3 is 5.97 Å². The first-order valence-electron chi connectivity index (χ1n) is 6.97. The molecule has 0 radical (unpaired) electrons. The summed E-state index contributed by atoms with van der Waals surface area (Å²) < 4.78 is 27.9. The molecule has 1 saturated heterocycles. The maximum Gasteiger partial charge on any atom is 0.352 e. The molecular weight excluding hydrogens is 374 g/mol. The SMILES string of the molecule is COCC1=C(C(=O)O)N2C(=O)C(NC(=O)CS(=O)(=O)CC#N)[C@H]2SC1. The summed E-state index contributed by atoms with van der Waals surface area (Å²) >= 11 is 1.25. The number of fused-ring (bicyclic) bond motifs is 1. The van der Waals surface area contributed by atoms with Gasteiger partial charge in [-0.2, -0.15) is 5.26 Å². The van der Waals surface area contributed by atoms with E-state index in [-0.39, 0.29) is 12.3 Å². The zero-order valence-electron chi connectivity index (χ0n) is 13.1. The van der Waals surface area contributed by atoms with Gasteiger partial charge in [-0.05, 0) is 5.57 Å². The monoisotopic (exact) mass is 389 g/mol. The lowest BCUT2D eigenvalue weighted by Gasteiger charge is -2.49. The number of nitrogens with zero attached hydrogens (tertiary/aromatic N) is 2. The molecule has 0 aliphatic carbocycles. The van der Waals surface area contributed by atoms with E-state index in [0.29, 0.717) is 11.3 Å². The van der Waals surface area contributed by atoms with Gasteiger partial charge in [0.1, 0.15) is 28.6 Å². The van der Waals surface area contributed by atoms with Crippen LogP contribution in [-0.4, -0.2) is 78.6 Å². The molecule has 0 aromatic heterocycles. The molecular formula is C13H15N3O7S2. The number of hydrogen-bond donors (Lipinski definition) is 2. The smallest absolute Gasteiger partial charge is 0.352 e. The van der Waals surface area contributed by atoms with Gasteiger partial charge in [0.05, 0.1) is 12.7 Å². The summed E-state index contributed by atoms with van der Waals surface area (Å²) in [5.41, 5.74) is 0.282. The van der Waals surface area contributed by atoms with Gasteiger partial charge in [0.25, 0.3) is 5.91 Å². The summed E-state index contributed by atoms with van der Waals surface area (Å²) in [6.07, 6.45) is 0. The van der Waals surface area contributed by atoms with E-state index in [4.69, 9.17) is 10.00 Å². The fourth-order valence-corrected chi connectivity index (χ4v) is 4.64. The van der Waals surface area contributed by atoms with Crippen LogP contribution in [0, 0.1) is 11.3 Å². The molecule has 2 aliphatic rings. The van der Waals surface area contributed by atoms with E-state index in [1.807, 2.05) is 0 Å². The number of carboxylic acid groups (broad SMARTS) is 1. The number of β-lactam (4-membered cyclic amide) rings is 1. The Balaban J connectivity index is 2.10. The van der Waals surface area contributed by atoms with Gasteiger partial charge in [0, 0.05) is 12.9 Å². The molecule has 136 valence electrons. The molecule has 0 spiro atoms. The molecule has 2 aliphatic heterocycles. The molecule has 2 amide bonds. The number of amides is 2. The van der Waals surface area contributed by atoms with Gasteiger partial charge < -0.3 is 15.2 Å². The van der Waals surface area contributed by atoms with Crippen molar-refractivity contribution >= 4 is 39.4 Å². The van der Waals surface area contributed by atoms with Crippen LogP contribution in [0.3, 0.4) is 0 Å². The van der Waals surface area contributed by atoms with E-state index in [2.05, 4.69) is 5.32 Å². The van der Waals surface area contributed by atoms with Crippen LogP contribution in [0.25, 0.3) is 0 Å². The first-order valence-corrected chi connectivity index (χ1v) is 9.84. The summed E-state index contributed by atoms with van der Waals surface area (Å²) in [4.78, 5) is 36.6. The van der Waals surface area contributed by atoms with E-state index >= 15 is 0 Å². The van der Waals surface area contributed by atoms with E-state index in [1.54, 1.807) is 0 Å². The van der Waals surface area contributed by atoms with Gasteiger partial charge in [0.15, 0.2) is 9.84 Å². The van der Waals surface area contributed by atoms with Crippen molar-refractivity contribution < 1.29 is 32.6 Å². The molecule has 12 heteroatoms. The Labute approximate surface area is 147 Å². The Morgan fingerprint density at radius 1 is 1.52 bits per heavy atom. The first kappa shape index (κ1) is 19.2. The summed E-state index contributed by atoms with van der Waals surface area (Å²) in [5.74, 6) is -4.20. The maximum atomic E-state index is 12.2. The average molecular weight is 389 g/mol. The number of nitriles is 1. The van der Waals surface area contributed by atoms with Gasteiger partial charge in [-0.15, -0.1) is 11.8 Å². The summed E-state index contributed by atoms with van der Waals surface area (Å²) in [5, 5.41) is 19.4. The largest absolute Gasteiger partial charge is 0.477 e. The van der Waals surface area contributed by atoms with Crippen LogP contribution < -0.4 is 5.32 Å². The molecule has 0 bridgehead atoms. The highest BCUT2D eigenvalue weighted by Crippen LogP contribution is 2.40. The second-order valence-electron chi connectivity index (χ2n) is 5.34. The number of ether oxygens (including phenoxy) is 1. The van der Waals surface area contributed by atoms with Crippen LogP contribution in [-0.2, 0) is 29.0 Å². The summed E-state index contributed by atoms with van der Waals surface area (Å²) in [6.45, 7) is 0.0641. The Morgan fingerprint density at radius 3 is 2.76 bits per heavy atom. The van der Waals surface area contributed by atoms with E-state index in [0.717, 1.165) is 4.90 Å². The molecule has 2 atom stereocenters. The van der Waals surface area contributed by atoms with E-state index in [1.165, 1.54) is 24.9 Å². The topological polar surface area (TPSA) is 154 Å². The third-order valence-electron chi connectivity index (χ3n) is 3.52. The van der Waals surface area contributed by atoms with Gasteiger partial charge in [-0.25, -0.2) is 13.2 Å². The van der Waals surface area contributed by atoms with Crippen LogP contribution in [0.5, 0.6) is 0 Å². The molecule has 2 rings (SSSR count). The molecule has 10 nitrogen and oxygen atoms in total. The molecule has 0 aromatic rings. The predicted octanol–water partition coefficient (Wildman–Crippen LogP) is -1.69. The number of aliphatic carboxylic acids is 1. The number of hydrogen-bond acceptors (Lipinski definition) is 8. The zero-order chi connectivity index (χ0) is 18.8. The van der Waals surface area contributed by atoms with E-state index in [9.17, 15) is 27.9 Å². The summed E-state index contributed by atoms with van der Waals surface area (Å²) in [7, 11) is -2.46. The Bertz CT molecular complexity index is 784. The zero-order valence-corrected chi connectivity index (χ0v) is 14.7. The maximum absolute atomic E-state index is 12.2. The molecule has 25 heavy (non-hydrogen) atoms. The fourth-order valence-electron chi connectivity index (χ4n) is 2.53. The molecule has 1 fully saturated rings. The van der Waals surface area contributed by atoms with Crippen molar-refractivity contribution in [3.8, 4) is 6.07 Å². The Hall–Kier alpha value is -2.10. The molecule has 0 aromatic carbocycles. The predicted molar refractivity (Wildman–Crippen MR) is 85.8 cm³/mol. The van der Waals surface area contributed by atoms with Crippen molar-refractivity contribution in [1.82, 2.24) is 10.2 Å². The highest BCUT2D eigenvalue weighted by atomic mass is 32.2. The third-order valence-corrected chi connectivity index (χ3v) is 6.13. The minimum Gasteiger partial charge on any atom is -0.477 e. The first-order chi connectivity index (χ1) is 11.7. The van der Waals surface area contributed by atoms with Crippen molar-refractivity contribution in [2.24, 2.45) is 0 Å². The van der Waals surface area contributed by atoms with Crippen LogP contribution in [0.1, 0.15) is 0 Å². The Morgan fingerprint density at radius 2 is 2.20 bits per heavy atom. The lowest BCUT2D eigenvalue weighted by Crippen LogP contribution is -2.71. The molecule has 2 heterocycles. The van der Waals surface area contributed by atoms with Gasteiger partial charge in [0.2, 0.25) is 5.91 Å². The normalized spacial score (nSPS) is 22.7. The number of methoxy groups -OCH3 is 1. The van der Waals surface area contributed by atoms with Crippen LogP contribution >= 0.6 is 11.8 Å². The average Bonchev–Trinajstić information content (AvgIpc) is 2.51. The number of thioether (sulfide) groups is 1. The van der Waals surface area contributed by atoms with Crippen molar-refractivity contribution in [2.45, 2.75) is 11.4 Å². The van der Waals surface area contributed by atoms with Crippen molar-refractivity contribution in [1.29, 1.82) is 5.26 Å². The lowest BCUT2D eigenvalue weighted by molar-refractivity contribution is -0.150. The minimum atomic E-state index is -3.87. The van der Waals surface area contributed by atoms with E-state index < -0.39 is 50.5 Å². The molecule has 1 unspecified atom stereocenters.